The van der Waals surface area contributed by atoms with E-state index in [9.17, 15) is 21.6 Å². The van der Waals surface area contributed by atoms with Gasteiger partial charge in [0.1, 0.15) is 0 Å². The van der Waals surface area contributed by atoms with Gasteiger partial charge in [0.15, 0.2) is 0 Å². The molecule has 2 aromatic carbocycles. The molecular formula is C17H21N3O6S2. The molecule has 1 atom stereocenters. The van der Waals surface area contributed by atoms with Gasteiger partial charge in [-0.2, -0.15) is 0 Å². The van der Waals surface area contributed by atoms with Gasteiger partial charge in [-0.25, -0.2) is 26.7 Å². The number of rotatable bonds is 8. The second kappa shape index (κ2) is 8.80. The second-order valence-corrected chi connectivity index (χ2v) is 9.30. The summed E-state index contributed by atoms with van der Waals surface area (Å²) in [5, 5.41) is 7.61. The molecule has 28 heavy (non-hydrogen) atoms. The summed E-state index contributed by atoms with van der Waals surface area (Å²) >= 11 is 0. The van der Waals surface area contributed by atoms with Crippen LogP contribution < -0.4 is 15.2 Å². The third-order valence-electron chi connectivity index (χ3n) is 3.64. The molecule has 0 aliphatic carbocycles. The van der Waals surface area contributed by atoms with Crippen LogP contribution in [-0.2, 0) is 24.8 Å². The summed E-state index contributed by atoms with van der Waals surface area (Å²) in [5.41, 5.74) is 0.601. The smallest absolute Gasteiger partial charge is 0.255 e. The number of benzene rings is 2. The van der Waals surface area contributed by atoms with E-state index in [0.29, 0.717) is 5.69 Å². The maximum atomic E-state index is 12.3. The molecule has 2 rings (SSSR count). The number of methoxy groups -OCH3 is 1. The van der Waals surface area contributed by atoms with Crippen LogP contribution >= 0.6 is 0 Å². The zero-order valence-corrected chi connectivity index (χ0v) is 16.9. The van der Waals surface area contributed by atoms with Crippen molar-refractivity contribution in [3.63, 3.8) is 0 Å². The Morgan fingerprint density at radius 1 is 1.00 bits per heavy atom. The van der Waals surface area contributed by atoms with Gasteiger partial charge < -0.3 is 10.1 Å². The Hall–Kier alpha value is -2.31. The van der Waals surface area contributed by atoms with E-state index in [2.05, 4.69) is 10.0 Å². The number of carbonyl (C=O) groups is 1. The quantitative estimate of drug-likeness (QED) is 0.571. The van der Waals surface area contributed by atoms with E-state index in [-0.39, 0.29) is 22.0 Å². The standard InChI is InChI=1S/C17H21N3O6S2/c1-12(11-26-2)20-28(24,25)16-7-3-13(4-8-16)17(21)19-14-5-9-15(10-6-14)27(18,22)23/h3-10,12,20H,11H2,1-2H3,(H,19,21)(H2,18,22,23)/t12-/m1/s1. The zero-order valence-electron chi connectivity index (χ0n) is 15.2. The number of hydrogen-bond donors (Lipinski definition) is 3. The second-order valence-electron chi connectivity index (χ2n) is 6.03. The fourth-order valence-electron chi connectivity index (χ4n) is 2.33. The van der Waals surface area contributed by atoms with Crippen molar-refractivity contribution in [1.29, 1.82) is 0 Å². The molecule has 0 bridgehead atoms. The van der Waals surface area contributed by atoms with Crippen LogP contribution in [0.5, 0.6) is 0 Å². The lowest BCUT2D eigenvalue weighted by atomic mass is 10.2. The van der Waals surface area contributed by atoms with Gasteiger partial charge in [0.2, 0.25) is 20.0 Å². The van der Waals surface area contributed by atoms with Gasteiger partial charge in [-0.3, -0.25) is 4.79 Å². The number of nitrogens with one attached hydrogen (secondary N) is 2. The summed E-state index contributed by atoms with van der Waals surface area (Å²) in [4.78, 5) is 12.2. The summed E-state index contributed by atoms with van der Waals surface area (Å²) in [7, 11) is -6.07. The van der Waals surface area contributed by atoms with E-state index in [1.165, 1.54) is 55.6 Å². The Balaban J connectivity index is 2.09. The number of ether oxygens (including phenoxy) is 1. The maximum absolute atomic E-state index is 12.3. The molecule has 0 unspecified atom stereocenters. The molecule has 0 saturated carbocycles. The Morgan fingerprint density at radius 3 is 2.04 bits per heavy atom. The summed E-state index contributed by atoms with van der Waals surface area (Å²) in [6.45, 7) is 1.90. The Kier molecular flexibility index (Phi) is 6.91. The van der Waals surface area contributed by atoms with Crippen molar-refractivity contribution in [3.05, 3.63) is 54.1 Å². The van der Waals surface area contributed by atoms with Crippen LogP contribution in [0, 0.1) is 0 Å². The molecule has 0 aliphatic heterocycles. The minimum Gasteiger partial charge on any atom is -0.383 e. The molecule has 0 aliphatic rings. The van der Waals surface area contributed by atoms with Gasteiger partial charge in [-0.05, 0) is 55.5 Å². The van der Waals surface area contributed by atoms with Gasteiger partial charge in [0.25, 0.3) is 5.91 Å². The fourth-order valence-corrected chi connectivity index (χ4v) is 4.08. The van der Waals surface area contributed by atoms with Crippen molar-refractivity contribution in [3.8, 4) is 0 Å². The Morgan fingerprint density at radius 2 is 1.54 bits per heavy atom. The number of amides is 1. The third kappa shape index (κ3) is 5.84. The minimum absolute atomic E-state index is 0.0181. The van der Waals surface area contributed by atoms with Crippen LogP contribution in [0.3, 0.4) is 0 Å². The molecule has 9 nitrogen and oxygen atoms in total. The van der Waals surface area contributed by atoms with E-state index in [4.69, 9.17) is 9.88 Å². The number of sulfonamides is 2. The highest BCUT2D eigenvalue weighted by Gasteiger charge is 2.18. The normalized spacial score (nSPS) is 13.1. The van der Waals surface area contributed by atoms with Gasteiger partial charge in [0, 0.05) is 24.4 Å². The van der Waals surface area contributed by atoms with E-state index in [1.807, 2.05) is 0 Å². The molecule has 0 fully saturated rings. The summed E-state index contributed by atoms with van der Waals surface area (Å²) in [6, 6.07) is 10.3. The Labute approximate surface area is 164 Å². The predicted octanol–water partition coefficient (Wildman–Crippen LogP) is 0.900. The zero-order chi connectivity index (χ0) is 20.9. The molecule has 0 saturated heterocycles. The minimum atomic E-state index is -3.81. The van der Waals surface area contributed by atoms with Crippen molar-refractivity contribution in [2.45, 2.75) is 22.8 Å². The third-order valence-corrected chi connectivity index (χ3v) is 6.18. The van der Waals surface area contributed by atoms with Crippen LogP contribution in [0.4, 0.5) is 5.69 Å². The predicted molar refractivity (Wildman–Crippen MR) is 104 cm³/mol. The first kappa shape index (κ1) is 22.0. The van der Waals surface area contributed by atoms with Crippen LogP contribution in [0.25, 0.3) is 0 Å². The highest BCUT2D eigenvalue weighted by atomic mass is 32.2. The maximum Gasteiger partial charge on any atom is 0.255 e. The average molecular weight is 428 g/mol. The van der Waals surface area contributed by atoms with Crippen molar-refractivity contribution >= 4 is 31.6 Å². The molecule has 4 N–H and O–H groups in total. The first-order valence-electron chi connectivity index (χ1n) is 8.08. The average Bonchev–Trinajstić information content (AvgIpc) is 2.61. The van der Waals surface area contributed by atoms with E-state index >= 15 is 0 Å². The summed E-state index contributed by atoms with van der Waals surface area (Å²) in [5.74, 6) is -0.479. The fraction of sp³-hybridized carbons (Fsp3) is 0.235. The molecule has 0 radical (unpaired) electrons. The van der Waals surface area contributed by atoms with Crippen molar-refractivity contribution in [2.75, 3.05) is 19.0 Å². The lowest BCUT2D eigenvalue weighted by molar-refractivity contribution is 0.102. The number of anilines is 1. The van der Waals surface area contributed by atoms with Gasteiger partial charge in [0.05, 0.1) is 16.4 Å². The first-order chi connectivity index (χ1) is 13.0. The number of primary sulfonamides is 1. The van der Waals surface area contributed by atoms with Crippen molar-refractivity contribution < 1.29 is 26.4 Å². The lowest BCUT2D eigenvalue weighted by Crippen LogP contribution is -2.35. The molecule has 1 amide bonds. The summed E-state index contributed by atoms with van der Waals surface area (Å²) < 4.78 is 54.4. The molecule has 152 valence electrons. The van der Waals surface area contributed by atoms with E-state index in [1.54, 1.807) is 6.92 Å². The Bertz CT molecular complexity index is 1030. The molecule has 2 aromatic rings. The molecule has 0 aromatic heterocycles. The highest BCUT2D eigenvalue weighted by molar-refractivity contribution is 7.89. The van der Waals surface area contributed by atoms with Crippen LogP contribution in [0.2, 0.25) is 0 Å². The number of carbonyl (C=O) groups excluding carboxylic acids is 1. The van der Waals surface area contributed by atoms with E-state index < -0.39 is 32.0 Å². The van der Waals surface area contributed by atoms with Crippen LogP contribution in [-0.4, -0.2) is 42.5 Å². The molecule has 0 spiro atoms. The first-order valence-corrected chi connectivity index (χ1v) is 11.1. The molecule has 0 heterocycles. The van der Waals surface area contributed by atoms with Crippen LogP contribution in [0.15, 0.2) is 58.3 Å². The lowest BCUT2D eigenvalue weighted by Gasteiger charge is -2.13. The van der Waals surface area contributed by atoms with Gasteiger partial charge >= 0.3 is 0 Å². The SMILES string of the molecule is COC[C@@H](C)NS(=O)(=O)c1ccc(C(=O)Nc2ccc(S(N)(=O)=O)cc2)cc1. The monoisotopic (exact) mass is 427 g/mol. The van der Waals surface area contributed by atoms with Crippen LogP contribution in [0.1, 0.15) is 17.3 Å². The van der Waals surface area contributed by atoms with Crippen molar-refractivity contribution in [1.82, 2.24) is 4.72 Å². The van der Waals surface area contributed by atoms with E-state index in [0.717, 1.165) is 0 Å². The molecule has 11 heteroatoms. The number of hydrogen-bond acceptors (Lipinski definition) is 6. The van der Waals surface area contributed by atoms with Gasteiger partial charge in [-0.15, -0.1) is 0 Å². The topological polar surface area (TPSA) is 145 Å². The largest absolute Gasteiger partial charge is 0.383 e. The summed E-state index contributed by atoms with van der Waals surface area (Å²) in [6.07, 6.45) is 0. The number of nitrogens with two attached hydrogens (primary N) is 1. The molecular weight excluding hydrogens is 406 g/mol. The highest BCUT2D eigenvalue weighted by Crippen LogP contribution is 2.15. The van der Waals surface area contributed by atoms with Gasteiger partial charge in [-0.1, -0.05) is 0 Å². The van der Waals surface area contributed by atoms with Crippen molar-refractivity contribution in [2.24, 2.45) is 5.14 Å².